The van der Waals surface area contributed by atoms with Crippen LogP contribution in [0.25, 0.3) is 10.4 Å². The van der Waals surface area contributed by atoms with Crippen molar-refractivity contribution < 1.29 is 13.9 Å². The number of nitrogens with one attached hydrogen (secondary N) is 2. The Kier molecular flexibility index (Phi) is 2.45. The van der Waals surface area contributed by atoms with Gasteiger partial charge < -0.3 is 8.94 Å². The Hall–Kier alpha value is -3.18. The first-order valence-corrected chi connectivity index (χ1v) is 4.74. The summed E-state index contributed by atoms with van der Waals surface area (Å²) in [5, 5.41) is 23.7. The molecule has 2 aromatic heterocycles. The molecule has 3 heterocycles. The molecule has 2 N–H and O–H groups in total. The minimum absolute atomic E-state index is 0.0288. The zero-order valence-electron chi connectivity index (χ0n) is 8.96. The van der Waals surface area contributed by atoms with Crippen molar-refractivity contribution >= 4 is 18.1 Å². The number of anilines is 2. The highest BCUT2D eigenvalue weighted by Crippen LogP contribution is 2.30. The average Bonchev–Trinajstić information content (AvgIpc) is 3.11. The summed E-state index contributed by atoms with van der Waals surface area (Å²) in [4.78, 5) is 7.28. The van der Waals surface area contributed by atoms with E-state index in [4.69, 9.17) is 14.5 Å². The van der Waals surface area contributed by atoms with Gasteiger partial charge in [-0.1, -0.05) is 15.4 Å². The van der Waals surface area contributed by atoms with Crippen LogP contribution in [0.3, 0.4) is 0 Å². The average molecular weight is 264 g/mol. The first kappa shape index (κ1) is 10.9. The van der Waals surface area contributed by atoms with Crippen molar-refractivity contribution in [3.05, 3.63) is 22.5 Å². The smallest absolute Gasteiger partial charge is 0.322 e. The van der Waals surface area contributed by atoms with Crippen LogP contribution in [-0.4, -0.2) is 26.8 Å². The van der Waals surface area contributed by atoms with E-state index in [1.807, 2.05) is 0 Å². The Morgan fingerprint density at radius 1 is 1.47 bits per heavy atom. The molecule has 0 saturated heterocycles. The highest BCUT2D eigenvalue weighted by Gasteiger charge is 2.41. The Morgan fingerprint density at radius 3 is 3.11 bits per heavy atom. The topological polar surface area (TPSA) is 172 Å². The molecule has 96 valence electrons. The predicted octanol–water partition coefficient (Wildman–Crippen LogP) is 0.180. The summed E-state index contributed by atoms with van der Waals surface area (Å²) in [6.45, 7) is 0. The lowest BCUT2D eigenvalue weighted by atomic mass is 10.1. The first-order valence-electron chi connectivity index (χ1n) is 4.74. The summed E-state index contributed by atoms with van der Waals surface area (Å²) in [7, 11) is 0. The van der Waals surface area contributed by atoms with E-state index in [0.29, 0.717) is 0 Å². The van der Waals surface area contributed by atoms with Crippen LogP contribution < -0.4 is 10.8 Å². The van der Waals surface area contributed by atoms with Crippen LogP contribution in [0.5, 0.6) is 0 Å². The first-order chi connectivity index (χ1) is 9.34. The fraction of sp³-hybridized carbons (Fsp3) is 0.167. The van der Waals surface area contributed by atoms with Crippen molar-refractivity contribution in [2.45, 2.75) is 5.66 Å². The zero-order chi connectivity index (χ0) is 13.1. The number of hydrogen-bond donors (Lipinski definition) is 2. The summed E-state index contributed by atoms with van der Waals surface area (Å²) in [6, 6.07) is 0.0479. The highest BCUT2D eigenvalue weighted by atomic mass is 16.8. The van der Waals surface area contributed by atoms with Gasteiger partial charge in [0.1, 0.15) is 0 Å². The van der Waals surface area contributed by atoms with E-state index in [1.165, 1.54) is 6.21 Å². The quantitative estimate of drug-likeness (QED) is 0.443. The van der Waals surface area contributed by atoms with Gasteiger partial charge in [0.25, 0.3) is 5.88 Å². The summed E-state index contributed by atoms with van der Waals surface area (Å²) in [5.74, 6) is 0.0288. The largest absolute Gasteiger partial charge is 0.411 e. The third-order valence-corrected chi connectivity index (χ3v) is 2.13. The molecule has 1 aliphatic rings. The van der Waals surface area contributed by atoms with Crippen LogP contribution in [0.2, 0.25) is 0 Å². The van der Waals surface area contributed by atoms with Gasteiger partial charge >= 0.3 is 6.01 Å². The van der Waals surface area contributed by atoms with E-state index < -0.39 is 5.66 Å². The predicted molar refractivity (Wildman–Crippen MR) is 55.4 cm³/mol. The van der Waals surface area contributed by atoms with Gasteiger partial charge in [0, 0.05) is 10.2 Å². The molecule has 0 bridgehead atoms. The maximum atomic E-state index is 8.60. The van der Waals surface area contributed by atoms with Crippen LogP contribution in [0.15, 0.2) is 25.6 Å². The molecular weight excluding hydrogens is 260 g/mol. The highest BCUT2D eigenvalue weighted by molar-refractivity contribution is 5.74. The molecule has 0 aliphatic carbocycles. The number of hydroxylamine groups is 1. The second-order valence-electron chi connectivity index (χ2n) is 3.20. The zero-order valence-corrected chi connectivity index (χ0v) is 8.96. The molecule has 3 rings (SSSR count). The van der Waals surface area contributed by atoms with Gasteiger partial charge in [-0.25, -0.2) is 0 Å². The Labute approximate surface area is 103 Å². The summed E-state index contributed by atoms with van der Waals surface area (Å²) in [6.07, 6.45) is 2.32. The van der Waals surface area contributed by atoms with Gasteiger partial charge in [-0.2, -0.15) is 0 Å². The third-order valence-electron chi connectivity index (χ3n) is 2.13. The van der Waals surface area contributed by atoms with Gasteiger partial charge in [-0.3, -0.25) is 10.3 Å². The van der Waals surface area contributed by atoms with E-state index in [2.05, 4.69) is 51.5 Å². The van der Waals surface area contributed by atoms with E-state index in [0.717, 1.165) is 6.39 Å². The van der Waals surface area contributed by atoms with E-state index in [1.54, 1.807) is 0 Å². The van der Waals surface area contributed by atoms with Crippen molar-refractivity contribution in [3.63, 3.8) is 0 Å². The van der Waals surface area contributed by atoms with Crippen LogP contribution in [0.1, 0.15) is 5.69 Å². The Bertz CT molecular complexity index is 642. The van der Waals surface area contributed by atoms with Crippen molar-refractivity contribution in [2.75, 3.05) is 5.32 Å². The fourth-order valence-electron chi connectivity index (χ4n) is 1.35. The Morgan fingerprint density at radius 2 is 2.42 bits per heavy atom. The van der Waals surface area contributed by atoms with Crippen LogP contribution >= 0.6 is 0 Å². The summed E-state index contributed by atoms with van der Waals surface area (Å²) in [5.41, 5.74) is 9.59. The van der Waals surface area contributed by atoms with Crippen molar-refractivity contribution in [2.24, 2.45) is 10.3 Å². The minimum Gasteiger partial charge on any atom is -0.411 e. The van der Waals surface area contributed by atoms with Crippen LogP contribution in [0.4, 0.5) is 11.9 Å². The normalized spacial score (nSPS) is 20.8. The Balaban J connectivity index is 1.99. The molecule has 13 heteroatoms. The van der Waals surface area contributed by atoms with Crippen molar-refractivity contribution in [1.82, 2.24) is 26.0 Å². The molecule has 0 aromatic carbocycles. The van der Waals surface area contributed by atoms with Crippen LogP contribution in [-0.2, 0) is 10.6 Å². The lowest BCUT2D eigenvalue weighted by Gasteiger charge is -2.14. The minimum atomic E-state index is -1.48. The van der Waals surface area contributed by atoms with Gasteiger partial charge in [0.2, 0.25) is 12.1 Å². The second-order valence-corrected chi connectivity index (χ2v) is 3.20. The number of aromatic nitrogens is 4. The van der Waals surface area contributed by atoms with Crippen molar-refractivity contribution in [3.8, 4) is 0 Å². The lowest BCUT2D eigenvalue weighted by Crippen LogP contribution is -2.37. The standard InChI is InChI=1S/C6H4N10O3/c7-15-13-6(1-9-19-14-6)3-4(18-16-11-3)10-5-12-8-2-17-5/h1-2,14H,(H,10,12). The van der Waals surface area contributed by atoms with E-state index in [9.17, 15) is 0 Å². The number of oxime groups is 1. The molecule has 0 spiro atoms. The molecule has 13 nitrogen and oxygen atoms in total. The number of hydrogen-bond acceptors (Lipinski definition) is 11. The second kappa shape index (κ2) is 4.25. The fourth-order valence-corrected chi connectivity index (χ4v) is 1.35. The molecular formula is C6H4N10O3. The number of azide groups is 1. The van der Waals surface area contributed by atoms with Gasteiger partial charge in [0.15, 0.2) is 5.69 Å². The number of rotatable bonds is 4. The molecule has 0 radical (unpaired) electrons. The molecule has 2 aromatic rings. The molecule has 19 heavy (non-hydrogen) atoms. The maximum Gasteiger partial charge on any atom is 0.322 e. The lowest BCUT2D eigenvalue weighted by molar-refractivity contribution is 0.0316. The molecule has 0 fully saturated rings. The maximum absolute atomic E-state index is 8.60. The summed E-state index contributed by atoms with van der Waals surface area (Å²) >= 11 is 0. The van der Waals surface area contributed by atoms with Crippen LogP contribution in [0, 0.1) is 0 Å². The molecule has 1 unspecified atom stereocenters. The van der Waals surface area contributed by atoms with E-state index in [-0.39, 0.29) is 17.6 Å². The number of nitrogens with zero attached hydrogens (tertiary/aromatic N) is 8. The third kappa shape index (κ3) is 1.80. The molecule has 1 atom stereocenters. The van der Waals surface area contributed by atoms with E-state index >= 15 is 0 Å². The summed E-state index contributed by atoms with van der Waals surface area (Å²) < 4.78 is 9.76. The molecule has 0 saturated carbocycles. The molecule has 0 amide bonds. The monoisotopic (exact) mass is 264 g/mol. The molecule has 1 aliphatic heterocycles. The SMILES string of the molecule is [N-]=[N+]=NC1(c2nnoc2Nc2nnco2)C=NON1. The van der Waals surface area contributed by atoms with Gasteiger partial charge in [-0.15, -0.1) is 15.7 Å². The van der Waals surface area contributed by atoms with Gasteiger partial charge in [0.05, 0.1) is 6.21 Å². The van der Waals surface area contributed by atoms with Crippen molar-refractivity contribution in [1.29, 1.82) is 0 Å². The van der Waals surface area contributed by atoms with Gasteiger partial charge in [-0.05, 0) is 5.53 Å².